The Balaban J connectivity index is 1.02. The average Bonchev–Trinajstić information content (AvgIpc) is 3.61. The van der Waals surface area contributed by atoms with Gasteiger partial charge in [-0.1, -0.05) is 91.3 Å². The third kappa shape index (κ3) is 7.02. The molecular formula is C49H50N2O6. The van der Waals surface area contributed by atoms with Gasteiger partial charge in [0.1, 0.15) is 23.0 Å². The van der Waals surface area contributed by atoms with Crippen LogP contribution in [0, 0.1) is 0 Å². The lowest BCUT2D eigenvalue weighted by Crippen LogP contribution is -2.48. The van der Waals surface area contributed by atoms with Gasteiger partial charge in [-0.05, 0) is 121 Å². The molecule has 8 nitrogen and oxygen atoms in total. The Labute approximate surface area is 335 Å². The molecule has 2 aliphatic heterocycles. The number of nitrogens with zero attached hydrogens (tertiary/aromatic N) is 2. The van der Waals surface area contributed by atoms with Crippen LogP contribution in [-0.4, -0.2) is 34.1 Å². The molecule has 0 N–H and O–H groups in total. The Hall–Kier alpha value is -6.02. The molecule has 0 fully saturated rings. The van der Waals surface area contributed by atoms with E-state index < -0.39 is 5.54 Å². The van der Waals surface area contributed by atoms with Gasteiger partial charge in [0.2, 0.25) is 0 Å². The number of hydrogen-bond acceptors (Lipinski definition) is 6. The number of amides is 4. The molecule has 2 aliphatic rings. The van der Waals surface area contributed by atoms with Gasteiger partial charge in [0.15, 0.2) is 0 Å². The quantitative estimate of drug-likeness (QED) is 0.111. The maximum Gasteiger partial charge on any atom is 0.266 e. The summed E-state index contributed by atoms with van der Waals surface area (Å²) in [5.74, 6) is 0.925. The fourth-order valence-electron chi connectivity index (χ4n) is 8.01. The molecule has 57 heavy (non-hydrogen) atoms. The van der Waals surface area contributed by atoms with Crippen LogP contribution in [0.25, 0.3) is 0 Å². The van der Waals surface area contributed by atoms with Crippen molar-refractivity contribution in [2.24, 2.45) is 0 Å². The van der Waals surface area contributed by atoms with Crippen LogP contribution < -0.4 is 14.4 Å². The third-order valence-corrected chi connectivity index (χ3v) is 12.2. The first kappa shape index (κ1) is 39.2. The van der Waals surface area contributed by atoms with Gasteiger partial charge in [-0.3, -0.25) is 24.1 Å². The summed E-state index contributed by atoms with van der Waals surface area (Å²) in [6.07, 6.45) is 3.38. The second-order valence-corrected chi connectivity index (χ2v) is 16.6. The summed E-state index contributed by atoms with van der Waals surface area (Å²) in [5.41, 5.74) is 4.25. The highest BCUT2D eigenvalue weighted by Gasteiger charge is 2.45. The maximum absolute atomic E-state index is 13.6. The predicted molar refractivity (Wildman–Crippen MR) is 223 cm³/mol. The fraction of sp³-hybridized carbons (Fsp3) is 0.306. The van der Waals surface area contributed by atoms with Crippen LogP contribution in [0.1, 0.15) is 139 Å². The van der Waals surface area contributed by atoms with Crippen LogP contribution in [0.5, 0.6) is 23.0 Å². The molecule has 4 amide bonds. The monoisotopic (exact) mass is 762 g/mol. The van der Waals surface area contributed by atoms with E-state index in [9.17, 15) is 19.2 Å². The number of ether oxygens (including phenoxy) is 2. The molecule has 7 rings (SSSR count). The minimum atomic E-state index is -0.542. The molecule has 292 valence electrons. The molecule has 0 spiro atoms. The minimum absolute atomic E-state index is 0.0809. The van der Waals surface area contributed by atoms with Crippen LogP contribution in [0.15, 0.2) is 109 Å². The van der Waals surface area contributed by atoms with Gasteiger partial charge in [-0.2, -0.15) is 0 Å². The van der Waals surface area contributed by atoms with Crippen LogP contribution in [0.2, 0.25) is 0 Å². The molecule has 0 unspecified atom stereocenters. The number of imide groups is 2. The summed E-state index contributed by atoms with van der Waals surface area (Å²) in [7, 11) is 0. The van der Waals surface area contributed by atoms with Gasteiger partial charge < -0.3 is 9.47 Å². The zero-order valence-electron chi connectivity index (χ0n) is 34.1. The van der Waals surface area contributed by atoms with Gasteiger partial charge >= 0.3 is 0 Å². The maximum atomic E-state index is 13.6. The molecular weight excluding hydrogens is 713 g/mol. The van der Waals surface area contributed by atoms with Gasteiger partial charge in [0.25, 0.3) is 23.6 Å². The van der Waals surface area contributed by atoms with E-state index in [1.165, 1.54) is 9.80 Å². The van der Waals surface area contributed by atoms with E-state index in [0.717, 1.165) is 29.5 Å². The van der Waals surface area contributed by atoms with E-state index in [0.29, 0.717) is 63.8 Å². The third-order valence-electron chi connectivity index (χ3n) is 12.2. The number of benzene rings is 5. The van der Waals surface area contributed by atoms with Crippen LogP contribution in [0.3, 0.4) is 0 Å². The Kier molecular flexibility index (Phi) is 10.2. The largest absolute Gasteiger partial charge is 0.457 e. The van der Waals surface area contributed by atoms with E-state index >= 15 is 0 Å². The van der Waals surface area contributed by atoms with Crippen molar-refractivity contribution in [2.45, 2.75) is 97.4 Å². The first-order valence-corrected chi connectivity index (χ1v) is 19.8. The molecule has 5 aromatic rings. The molecule has 0 bridgehead atoms. The van der Waals surface area contributed by atoms with Crippen molar-refractivity contribution in [1.82, 2.24) is 4.90 Å². The van der Waals surface area contributed by atoms with Gasteiger partial charge in [-0.25, -0.2) is 4.90 Å². The Morgan fingerprint density at radius 1 is 0.491 bits per heavy atom. The molecule has 0 aliphatic carbocycles. The van der Waals surface area contributed by atoms with Crippen LogP contribution in [-0.2, 0) is 10.8 Å². The number of rotatable bonds is 13. The highest BCUT2D eigenvalue weighted by atomic mass is 16.5. The molecule has 0 saturated heterocycles. The van der Waals surface area contributed by atoms with E-state index in [4.69, 9.17) is 9.47 Å². The smallest absolute Gasteiger partial charge is 0.266 e. The molecule has 2 heterocycles. The topological polar surface area (TPSA) is 93.2 Å². The SMILES string of the molecule is CCCC(C)(C)c1cccc(N2C(=O)c3ccc(Oc4ccc(C(C)(C)c5ccc(Oc6ccc7c(c6)C(=O)N(C(C)(CC)CC)C7=O)cc5)cc4)cc3C2=O)c1. The molecule has 0 radical (unpaired) electrons. The van der Waals surface area contributed by atoms with Crippen molar-refractivity contribution in [3.05, 3.63) is 148 Å². The lowest BCUT2D eigenvalue weighted by molar-refractivity contribution is 0.0434. The first-order valence-electron chi connectivity index (χ1n) is 19.8. The molecule has 0 aromatic heterocycles. The Morgan fingerprint density at radius 3 is 1.46 bits per heavy atom. The molecule has 0 atom stereocenters. The van der Waals surface area contributed by atoms with Crippen molar-refractivity contribution in [2.75, 3.05) is 4.90 Å². The summed E-state index contributed by atoms with van der Waals surface area (Å²) >= 11 is 0. The van der Waals surface area contributed by atoms with Crippen molar-refractivity contribution in [1.29, 1.82) is 0 Å². The number of hydrogen-bond donors (Lipinski definition) is 0. The number of anilines is 1. The summed E-state index contributed by atoms with van der Waals surface area (Å²) in [6.45, 7) is 16.7. The van der Waals surface area contributed by atoms with E-state index in [-0.39, 0.29) is 34.5 Å². The average molecular weight is 763 g/mol. The van der Waals surface area contributed by atoms with E-state index in [1.807, 2.05) is 87.5 Å². The molecule has 0 saturated carbocycles. The number of carbonyl (C=O) groups excluding carboxylic acids is 4. The Bertz CT molecular complexity index is 2390. The summed E-state index contributed by atoms with van der Waals surface area (Å²) < 4.78 is 12.4. The molecule has 5 aromatic carbocycles. The zero-order chi connectivity index (χ0) is 40.9. The van der Waals surface area contributed by atoms with Gasteiger partial charge in [-0.15, -0.1) is 0 Å². The van der Waals surface area contributed by atoms with Crippen molar-refractivity contribution < 1.29 is 28.7 Å². The van der Waals surface area contributed by atoms with Crippen molar-refractivity contribution >= 4 is 29.3 Å². The number of carbonyl (C=O) groups is 4. The normalized spacial score (nSPS) is 14.3. The zero-order valence-corrected chi connectivity index (χ0v) is 34.1. The second kappa shape index (κ2) is 14.8. The standard InChI is InChI=1S/C49H50N2O6/c1-9-27-47(4,5)33-13-12-14-34(28-33)50-43(52)39-25-23-37(29-41(39)44(50)53)56-35-19-15-31(16-20-35)48(6,7)32-17-21-36(22-18-32)57-38-24-26-40-42(30-38)46(55)51(45(40)54)49(8,10-2)11-3/h12-26,28-30H,9-11,27H2,1-8H3. The second-order valence-electron chi connectivity index (χ2n) is 16.6. The summed E-state index contributed by atoms with van der Waals surface area (Å²) in [5, 5.41) is 0. The number of fused-ring (bicyclic) bond motifs is 2. The first-order chi connectivity index (χ1) is 27.1. The lowest BCUT2D eigenvalue weighted by atomic mass is 9.78. The highest BCUT2D eigenvalue weighted by molar-refractivity contribution is 6.34. The van der Waals surface area contributed by atoms with E-state index in [2.05, 4.69) is 40.7 Å². The van der Waals surface area contributed by atoms with Gasteiger partial charge in [0, 0.05) is 11.0 Å². The summed E-state index contributed by atoms with van der Waals surface area (Å²) in [6, 6.07) is 33.5. The predicted octanol–water partition coefficient (Wildman–Crippen LogP) is 11.7. The minimum Gasteiger partial charge on any atom is -0.457 e. The summed E-state index contributed by atoms with van der Waals surface area (Å²) in [4.78, 5) is 56.3. The molecule has 8 heteroatoms. The Morgan fingerprint density at radius 2 is 0.947 bits per heavy atom. The lowest BCUT2D eigenvalue weighted by Gasteiger charge is -2.35. The van der Waals surface area contributed by atoms with Crippen molar-refractivity contribution in [3.63, 3.8) is 0 Å². The highest BCUT2D eigenvalue weighted by Crippen LogP contribution is 2.39. The van der Waals surface area contributed by atoms with Crippen LogP contribution >= 0.6 is 0 Å². The fourth-order valence-corrected chi connectivity index (χ4v) is 8.01. The van der Waals surface area contributed by atoms with E-state index in [1.54, 1.807) is 36.4 Å². The van der Waals surface area contributed by atoms with Crippen molar-refractivity contribution in [3.8, 4) is 23.0 Å². The van der Waals surface area contributed by atoms with Gasteiger partial charge in [0.05, 0.1) is 27.9 Å². The van der Waals surface area contributed by atoms with Crippen LogP contribution in [0.4, 0.5) is 5.69 Å².